The van der Waals surface area contributed by atoms with E-state index in [1.807, 2.05) is 42.5 Å². The quantitative estimate of drug-likeness (QED) is 0.524. The van der Waals surface area contributed by atoms with Gasteiger partial charge in [0.05, 0.1) is 22.1 Å². The first kappa shape index (κ1) is 17.6. The molecule has 1 unspecified atom stereocenters. The molecular weight excluding hydrogens is 376 g/mol. The summed E-state index contributed by atoms with van der Waals surface area (Å²) in [6.45, 7) is 0.785. The monoisotopic (exact) mass is 398 g/mol. The Morgan fingerprint density at radius 3 is 2.90 bits per heavy atom. The fraction of sp³-hybridized carbons (Fsp3) is 0.292. The number of aryl methyl sites for hydroxylation is 1. The second-order valence-electron chi connectivity index (χ2n) is 8.09. The van der Waals surface area contributed by atoms with Gasteiger partial charge in [0.25, 0.3) is 5.91 Å². The van der Waals surface area contributed by atoms with Gasteiger partial charge in [-0.2, -0.15) is 0 Å². The van der Waals surface area contributed by atoms with Gasteiger partial charge in [-0.05, 0) is 61.9 Å². The van der Waals surface area contributed by atoms with Gasteiger partial charge in [0.15, 0.2) is 0 Å². The lowest BCUT2D eigenvalue weighted by Crippen LogP contribution is -2.15. The second kappa shape index (κ2) is 6.92. The molecule has 1 aliphatic heterocycles. The third-order valence-corrected chi connectivity index (χ3v) is 6.14. The molecule has 3 heterocycles. The lowest BCUT2D eigenvalue weighted by Gasteiger charge is -2.13. The Bertz CT molecular complexity index is 1290. The van der Waals surface area contributed by atoms with Crippen LogP contribution in [-0.4, -0.2) is 27.5 Å². The molecule has 2 N–H and O–H groups in total. The smallest absolute Gasteiger partial charge is 0.256 e. The van der Waals surface area contributed by atoms with Crippen LogP contribution in [0.5, 0.6) is 0 Å². The molecule has 1 fully saturated rings. The number of benzene rings is 2. The average Bonchev–Trinajstić information content (AvgIpc) is 3.51. The molecule has 6 heteroatoms. The lowest BCUT2D eigenvalue weighted by atomic mass is 10.0. The van der Waals surface area contributed by atoms with E-state index >= 15 is 0 Å². The number of carbonyl (C=O) groups is 1. The number of nitrogens with one attached hydrogen (secondary N) is 2. The van der Waals surface area contributed by atoms with Crippen molar-refractivity contribution < 1.29 is 9.53 Å². The zero-order valence-corrected chi connectivity index (χ0v) is 16.6. The summed E-state index contributed by atoms with van der Waals surface area (Å²) >= 11 is 0. The number of anilines is 1. The third kappa shape index (κ3) is 2.87. The highest BCUT2D eigenvalue weighted by Gasteiger charge is 2.24. The maximum atomic E-state index is 13.4. The van der Waals surface area contributed by atoms with E-state index in [0.717, 1.165) is 89.0 Å². The minimum absolute atomic E-state index is 0.0428. The standard InChI is InChI=1S/C24H22N4O2/c29-24(22-15-5-1-2-7-17(15)26-18-8-3-6-16(18)22)25-14-10-11-19-20(13-14)28-23(27-19)21-9-4-12-30-21/h1-2,5,7,10-11,13,21H,3-4,6,8-9,12H2,(H,25,29)(H,27,28). The van der Waals surface area contributed by atoms with Crippen LogP contribution in [0.2, 0.25) is 0 Å². The van der Waals surface area contributed by atoms with Gasteiger partial charge in [0.2, 0.25) is 0 Å². The first-order valence-corrected chi connectivity index (χ1v) is 10.6. The van der Waals surface area contributed by atoms with Crippen molar-refractivity contribution in [1.82, 2.24) is 15.0 Å². The largest absolute Gasteiger partial charge is 0.370 e. The summed E-state index contributed by atoms with van der Waals surface area (Å²) in [5.41, 5.74) is 6.34. The van der Waals surface area contributed by atoms with Gasteiger partial charge in [-0.3, -0.25) is 9.78 Å². The Balaban J connectivity index is 1.36. The number of aromatic amines is 1. The van der Waals surface area contributed by atoms with Crippen LogP contribution in [0.3, 0.4) is 0 Å². The number of rotatable bonds is 3. The SMILES string of the molecule is O=C(Nc1ccc2nc(C3CCCO3)[nH]c2c1)c1c2c(nc3ccccc13)CCC2. The predicted molar refractivity (Wildman–Crippen MR) is 116 cm³/mol. The van der Waals surface area contributed by atoms with Crippen LogP contribution in [0.4, 0.5) is 5.69 Å². The number of para-hydroxylation sites is 1. The Morgan fingerprint density at radius 2 is 2.00 bits per heavy atom. The molecule has 6 rings (SSSR count). The van der Waals surface area contributed by atoms with Crippen molar-refractivity contribution in [3.05, 3.63) is 65.1 Å². The van der Waals surface area contributed by atoms with E-state index in [9.17, 15) is 4.79 Å². The highest BCUT2D eigenvalue weighted by atomic mass is 16.5. The number of H-pyrrole nitrogens is 1. The van der Waals surface area contributed by atoms with Crippen LogP contribution in [-0.2, 0) is 17.6 Å². The Kier molecular flexibility index (Phi) is 4.06. The Labute approximate surface area is 173 Å². The summed E-state index contributed by atoms with van der Waals surface area (Å²) in [5, 5.41) is 4.02. The number of imidazole rings is 1. The predicted octanol–water partition coefficient (Wildman–Crippen LogP) is 4.70. The molecule has 0 spiro atoms. The molecule has 0 saturated carbocycles. The average molecular weight is 398 g/mol. The first-order valence-electron chi connectivity index (χ1n) is 10.6. The number of nitrogens with zero attached hydrogens (tertiary/aromatic N) is 2. The number of hydrogen-bond donors (Lipinski definition) is 2. The minimum Gasteiger partial charge on any atom is -0.370 e. The molecule has 1 amide bonds. The van der Waals surface area contributed by atoms with Crippen LogP contribution in [0.1, 0.15) is 52.8 Å². The molecule has 0 radical (unpaired) electrons. The molecular formula is C24H22N4O2. The van der Waals surface area contributed by atoms with E-state index in [1.54, 1.807) is 0 Å². The molecule has 1 saturated heterocycles. The summed E-state index contributed by atoms with van der Waals surface area (Å²) in [4.78, 5) is 26.2. The van der Waals surface area contributed by atoms with Crippen molar-refractivity contribution >= 4 is 33.5 Å². The molecule has 30 heavy (non-hydrogen) atoms. The Hall–Kier alpha value is -3.25. The number of hydrogen-bond acceptors (Lipinski definition) is 4. The zero-order valence-electron chi connectivity index (χ0n) is 16.6. The fourth-order valence-electron chi connectivity index (χ4n) is 4.72. The summed E-state index contributed by atoms with van der Waals surface area (Å²) in [5.74, 6) is 0.786. The highest BCUT2D eigenvalue weighted by molar-refractivity contribution is 6.14. The molecule has 2 aromatic heterocycles. The van der Waals surface area contributed by atoms with Gasteiger partial charge < -0.3 is 15.0 Å². The number of carbonyl (C=O) groups excluding carboxylic acids is 1. The van der Waals surface area contributed by atoms with Crippen LogP contribution in [0.15, 0.2) is 42.5 Å². The molecule has 1 atom stereocenters. The van der Waals surface area contributed by atoms with Gasteiger partial charge >= 0.3 is 0 Å². The molecule has 0 bridgehead atoms. The first-order chi connectivity index (χ1) is 14.8. The molecule has 2 aromatic carbocycles. The summed E-state index contributed by atoms with van der Waals surface area (Å²) in [6, 6.07) is 13.7. The number of aromatic nitrogens is 3. The van der Waals surface area contributed by atoms with Gasteiger partial charge in [-0.1, -0.05) is 18.2 Å². The summed E-state index contributed by atoms with van der Waals surface area (Å²) < 4.78 is 5.74. The van der Waals surface area contributed by atoms with E-state index in [4.69, 9.17) is 9.72 Å². The molecule has 150 valence electrons. The van der Waals surface area contributed by atoms with Crippen molar-refractivity contribution in [2.24, 2.45) is 0 Å². The molecule has 6 nitrogen and oxygen atoms in total. The molecule has 4 aromatic rings. The molecule has 2 aliphatic rings. The van der Waals surface area contributed by atoms with Crippen LogP contribution >= 0.6 is 0 Å². The number of pyridine rings is 1. The van der Waals surface area contributed by atoms with Crippen molar-refractivity contribution in [2.75, 3.05) is 11.9 Å². The van der Waals surface area contributed by atoms with Crippen molar-refractivity contribution in [2.45, 2.75) is 38.2 Å². The number of amides is 1. The Morgan fingerprint density at radius 1 is 1.07 bits per heavy atom. The maximum Gasteiger partial charge on any atom is 0.256 e. The zero-order chi connectivity index (χ0) is 20.1. The highest BCUT2D eigenvalue weighted by Crippen LogP contribution is 2.31. The number of ether oxygens (including phenoxy) is 1. The van der Waals surface area contributed by atoms with Gasteiger partial charge in [-0.15, -0.1) is 0 Å². The van der Waals surface area contributed by atoms with Gasteiger partial charge in [-0.25, -0.2) is 4.98 Å². The van der Waals surface area contributed by atoms with Crippen LogP contribution in [0, 0.1) is 0 Å². The van der Waals surface area contributed by atoms with Crippen molar-refractivity contribution in [1.29, 1.82) is 0 Å². The summed E-state index contributed by atoms with van der Waals surface area (Å²) in [6.07, 6.45) is 4.98. The van der Waals surface area contributed by atoms with Crippen LogP contribution in [0.25, 0.3) is 21.9 Å². The summed E-state index contributed by atoms with van der Waals surface area (Å²) in [7, 11) is 0. The fourth-order valence-corrected chi connectivity index (χ4v) is 4.72. The van der Waals surface area contributed by atoms with E-state index < -0.39 is 0 Å². The van der Waals surface area contributed by atoms with Crippen LogP contribution < -0.4 is 5.32 Å². The normalized spacial score (nSPS) is 18.2. The van der Waals surface area contributed by atoms with E-state index in [2.05, 4.69) is 15.3 Å². The van der Waals surface area contributed by atoms with Gasteiger partial charge in [0, 0.05) is 23.4 Å². The lowest BCUT2D eigenvalue weighted by molar-refractivity contribution is 0.102. The van der Waals surface area contributed by atoms with Crippen molar-refractivity contribution in [3.63, 3.8) is 0 Å². The van der Waals surface area contributed by atoms with Gasteiger partial charge in [0.1, 0.15) is 11.9 Å². The second-order valence-corrected chi connectivity index (χ2v) is 8.09. The molecule has 1 aliphatic carbocycles. The number of fused-ring (bicyclic) bond motifs is 3. The van der Waals surface area contributed by atoms with E-state index in [0.29, 0.717) is 0 Å². The third-order valence-electron chi connectivity index (χ3n) is 6.14. The van der Waals surface area contributed by atoms with E-state index in [1.165, 1.54) is 0 Å². The topological polar surface area (TPSA) is 79.9 Å². The maximum absolute atomic E-state index is 13.4. The minimum atomic E-state index is -0.0787. The van der Waals surface area contributed by atoms with Crippen molar-refractivity contribution in [3.8, 4) is 0 Å². The van der Waals surface area contributed by atoms with E-state index in [-0.39, 0.29) is 12.0 Å².